The van der Waals surface area contributed by atoms with E-state index in [1.807, 2.05) is 0 Å². The van der Waals surface area contributed by atoms with Gasteiger partial charge in [0.1, 0.15) is 5.75 Å². The molecule has 1 heterocycles. The fourth-order valence-corrected chi connectivity index (χ4v) is 1.93. The molecule has 0 spiro atoms. The fraction of sp³-hybridized carbons (Fsp3) is 0.250. The molecule has 0 fully saturated rings. The quantitative estimate of drug-likeness (QED) is 0.575. The van der Waals surface area contributed by atoms with Crippen LogP contribution in [0.25, 0.3) is 5.69 Å². The average molecular weight is 330 g/mol. The molecule has 126 valence electrons. The Morgan fingerprint density at radius 2 is 2.00 bits per heavy atom. The predicted molar refractivity (Wildman–Crippen MR) is 88.8 cm³/mol. The summed E-state index contributed by atoms with van der Waals surface area (Å²) in [5.41, 5.74) is -1.34. The van der Waals surface area contributed by atoms with Crippen molar-refractivity contribution in [3.8, 4) is 11.4 Å². The number of hydrogen-bond donors (Lipinski definition) is 0. The number of nitrogens with zero attached hydrogens (tertiary/aromatic N) is 4. The van der Waals surface area contributed by atoms with Gasteiger partial charge in [-0.25, -0.2) is 4.79 Å². The Morgan fingerprint density at radius 3 is 2.62 bits per heavy atom. The molecule has 0 saturated carbocycles. The van der Waals surface area contributed by atoms with Crippen LogP contribution in [0.4, 0.5) is 0 Å². The van der Waals surface area contributed by atoms with Gasteiger partial charge < -0.3 is 9.64 Å². The van der Waals surface area contributed by atoms with E-state index >= 15 is 0 Å². The lowest BCUT2D eigenvalue weighted by Gasteiger charge is -2.09. The third kappa shape index (κ3) is 3.43. The van der Waals surface area contributed by atoms with Crippen LogP contribution in [0, 0.1) is 0 Å². The first-order chi connectivity index (χ1) is 11.3. The van der Waals surface area contributed by atoms with Crippen LogP contribution < -0.4 is 16.0 Å². The molecule has 0 saturated heterocycles. The Labute approximate surface area is 138 Å². The van der Waals surface area contributed by atoms with E-state index in [1.165, 1.54) is 26.4 Å². The first-order valence-electron chi connectivity index (χ1n) is 7.09. The number of rotatable bonds is 5. The molecule has 0 radical (unpaired) electrons. The monoisotopic (exact) mass is 330 g/mol. The molecule has 0 unspecified atom stereocenters. The molecule has 1 aromatic carbocycles. The normalized spacial score (nSPS) is 10.8. The number of allylic oxidation sites excluding steroid dienone is 1. The van der Waals surface area contributed by atoms with Gasteiger partial charge in [-0.1, -0.05) is 6.07 Å². The fourth-order valence-electron chi connectivity index (χ4n) is 1.93. The maximum atomic E-state index is 12.3. The average Bonchev–Trinajstić information content (AvgIpc) is 2.58. The summed E-state index contributed by atoms with van der Waals surface area (Å²) in [6, 6.07) is 6.61. The van der Waals surface area contributed by atoms with Crippen molar-refractivity contribution in [1.29, 1.82) is 0 Å². The molecular weight excluding hydrogens is 312 g/mol. The summed E-state index contributed by atoms with van der Waals surface area (Å²) >= 11 is 0. The number of benzene rings is 1. The van der Waals surface area contributed by atoms with E-state index in [4.69, 9.17) is 4.74 Å². The van der Waals surface area contributed by atoms with Gasteiger partial charge in [0.15, 0.2) is 5.69 Å². The Bertz CT molecular complexity index is 909. The topological polar surface area (TPSA) is 86.4 Å². The van der Waals surface area contributed by atoms with E-state index in [0.717, 1.165) is 9.25 Å². The second-order valence-electron chi connectivity index (χ2n) is 5.25. The molecule has 24 heavy (non-hydrogen) atoms. The standard InChI is InChI=1S/C16H18N4O4/c1-18(2)9-8-13(21)14-15(22)19(3)16(23)20(17-14)11-6-5-7-12(10-11)24-4/h5-10H,1-4H3/b9-8+. The van der Waals surface area contributed by atoms with Crippen molar-refractivity contribution in [2.24, 2.45) is 7.05 Å². The summed E-state index contributed by atoms with van der Waals surface area (Å²) in [6.45, 7) is 0. The zero-order valence-electron chi connectivity index (χ0n) is 13.9. The minimum absolute atomic E-state index is 0.335. The third-order valence-electron chi connectivity index (χ3n) is 3.23. The number of hydrogen-bond acceptors (Lipinski definition) is 6. The van der Waals surface area contributed by atoms with Crippen molar-refractivity contribution in [3.05, 3.63) is 63.1 Å². The zero-order valence-corrected chi connectivity index (χ0v) is 13.9. The lowest BCUT2D eigenvalue weighted by atomic mass is 10.3. The van der Waals surface area contributed by atoms with Crippen LogP contribution in [0.3, 0.4) is 0 Å². The number of ether oxygens (including phenoxy) is 1. The van der Waals surface area contributed by atoms with E-state index < -0.39 is 17.0 Å². The van der Waals surface area contributed by atoms with Gasteiger partial charge in [-0.15, -0.1) is 0 Å². The highest BCUT2D eigenvalue weighted by atomic mass is 16.5. The molecule has 8 nitrogen and oxygen atoms in total. The largest absolute Gasteiger partial charge is 0.497 e. The minimum Gasteiger partial charge on any atom is -0.497 e. The molecule has 0 aliphatic rings. The van der Waals surface area contributed by atoms with E-state index in [0.29, 0.717) is 11.4 Å². The SMILES string of the molecule is COc1cccc(-n2nc(C(=O)/C=C/N(C)C)c(=O)n(C)c2=O)c1. The van der Waals surface area contributed by atoms with Gasteiger partial charge in [0.05, 0.1) is 12.8 Å². The number of methoxy groups -OCH3 is 1. The van der Waals surface area contributed by atoms with Crippen LogP contribution in [-0.4, -0.2) is 46.2 Å². The van der Waals surface area contributed by atoms with Crippen LogP contribution >= 0.6 is 0 Å². The summed E-state index contributed by atoms with van der Waals surface area (Å²) in [4.78, 5) is 38.4. The predicted octanol–water partition coefficient (Wildman–Crippen LogP) is 0.198. The minimum atomic E-state index is -0.743. The molecule has 8 heteroatoms. The van der Waals surface area contributed by atoms with Crippen LogP contribution in [0.5, 0.6) is 5.75 Å². The second-order valence-corrected chi connectivity index (χ2v) is 5.25. The molecule has 0 bridgehead atoms. The van der Waals surface area contributed by atoms with Crippen molar-refractivity contribution in [2.45, 2.75) is 0 Å². The van der Waals surface area contributed by atoms with Crippen LogP contribution in [-0.2, 0) is 7.05 Å². The summed E-state index contributed by atoms with van der Waals surface area (Å²) in [5.74, 6) is -0.0589. The van der Waals surface area contributed by atoms with Gasteiger partial charge >= 0.3 is 5.69 Å². The van der Waals surface area contributed by atoms with Crippen molar-refractivity contribution >= 4 is 5.78 Å². The molecule has 0 aliphatic carbocycles. The van der Waals surface area contributed by atoms with Gasteiger partial charge in [-0.3, -0.25) is 14.2 Å². The highest BCUT2D eigenvalue weighted by Crippen LogP contribution is 2.14. The first-order valence-corrected chi connectivity index (χ1v) is 7.09. The number of ketones is 1. The lowest BCUT2D eigenvalue weighted by molar-refractivity contribution is 0.103. The Kier molecular flexibility index (Phi) is 4.98. The third-order valence-corrected chi connectivity index (χ3v) is 3.23. The number of aromatic nitrogens is 3. The van der Waals surface area contributed by atoms with Gasteiger partial charge in [0.2, 0.25) is 5.78 Å². The summed E-state index contributed by atoms with van der Waals surface area (Å²) in [6.07, 6.45) is 2.73. The smallest absolute Gasteiger partial charge is 0.351 e. The van der Waals surface area contributed by atoms with Crippen LogP contribution in [0.2, 0.25) is 0 Å². The van der Waals surface area contributed by atoms with Gasteiger partial charge in [0.25, 0.3) is 5.56 Å². The Hall–Kier alpha value is -3.16. The van der Waals surface area contributed by atoms with E-state index in [2.05, 4.69) is 5.10 Å². The second kappa shape index (κ2) is 6.95. The van der Waals surface area contributed by atoms with Gasteiger partial charge in [0, 0.05) is 39.5 Å². The molecule has 0 N–H and O–H groups in total. The Balaban J connectivity index is 2.64. The van der Waals surface area contributed by atoms with Crippen molar-refractivity contribution < 1.29 is 9.53 Å². The molecule has 1 aromatic heterocycles. The van der Waals surface area contributed by atoms with Crippen molar-refractivity contribution in [3.63, 3.8) is 0 Å². The van der Waals surface area contributed by atoms with Gasteiger partial charge in [-0.05, 0) is 12.1 Å². The molecule has 0 atom stereocenters. The van der Waals surface area contributed by atoms with Crippen molar-refractivity contribution in [1.82, 2.24) is 19.2 Å². The molecule has 0 amide bonds. The van der Waals surface area contributed by atoms with Crippen molar-refractivity contribution in [2.75, 3.05) is 21.2 Å². The van der Waals surface area contributed by atoms with E-state index in [1.54, 1.807) is 43.3 Å². The van der Waals surface area contributed by atoms with E-state index in [-0.39, 0.29) is 5.69 Å². The van der Waals surface area contributed by atoms with Crippen LogP contribution in [0.1, 0.15) is 10.5 Å². The highest BCUT2D eigenvalue weighted by molar-refractivity contribution is 6.02. The summed E-state index contributed by atoms with van der Waals surface area (Å²) in [7, 11) is 6.28. The summed E-state index contributed by atoms with van der Waals surface area (Å²) < 4.78 is 6.97. The lowest BCUT2D eigenvalue weighted by Crippen LogP contribution is -2.42. The van der Waals surface area contributed by atoms with Crippen LogP contribution in [0.15, 0.2) is 46.1 Å². The summed E-state index contributed by atoms with van der Waals surface area (Å²) in [5, 5.41) is 3.95. The molecule has 2 rings (SSSR count). The van der Waals surface area contributed by atoms with E-state index in [9.17, 15) is 14.4 Å². The maximum absolute atomic E-state index is 12.3. The molecule has 2 aromatic rings. The van der Waals surface area contributed by atoms with Gasteiger partial charge in [-0.2, -0.15) is 9.78 Å². The highest BCUT2D eigenvalue weighted by Gasteiger charge is 2.17. The Morgan fingerprint density at radius 1 is 1.29 bits per heavy atom. The maximum Gasteiger partial charge on any atom is 0.351 e. The first kappa shape index (κ1) is 17.2. The number of carbonyl (C=O) groups excluding carboxylic acids is 1. The number of carbonyl (C=O) groups is 1. The molecule has 0 aliphatic heterocycles. The zero-order chi connectivity index (χ0) is 17.9. The molecular formula is C16H18N4O4.